The van der Waals surface area contributed by atoms with Crippen molar-refractivity contribution in [3.63, 3.8) is 0 Å². The van der Waals surface area contributed by atoms with Crippen molar-refractivity contribution in [2.45, 2.75) is 77.0 Å². The predicted octanol–water partition coefficient (Wildman–Crippen LogP) is 9.48. The minimum absolute atomic E-state index is 0.0584. The Morgan fingerprint density at radius 3 is 1.78 bits per heavy atom. The zero-order valence-corrected chi connectivity index (χ0v) is 21.2. The van der Waals surface area contributed by atoms with Crippen LogP contribution in [0.25, 0.3) is 6.08 Å². The SMILES string of the molecule is C/C=C/C1CCC(c2ccc(/C=C/C3CCC(c4ccc(OCC)c(F)c4F)CC3)c(F)c2F)CC1. The van der Waals surface area contributed by atoms with Crippen molar-refractivity contribution < 1.29 is 22.3 Å². The summed E-state index contributed by atoms with van der Waals surface area (Å²) in [6.45, 7) is 4.02. The molecule has 0 heterocycles. The van der Waals surface area contributed by atoms with Gasteiger partial charge in [-0.05, 0) is 106 Å². The summed E-state index contributed by atoms with van der Waals surface area (Å²) in [4.78, 5) is 0. The lowest BCUT2D eigenvalue weighted by molar-refractivity contribution is 0.310. The monoisotopic (exact) mass is 500 g/mol. The number of hydrogen-bond donors (Lipinski definition) is 0. The number of halogens is 4. The van der Waals surface area contributed by atoms with Crippen molar-refractivity contribution in [1.29, 1.82) is 0 Å². The highest BCUT2D eigenvalue weighted by molar-refractivity contribution is 5.52. The van der Waals surface area contributed by atoms with E-state index in [9.17, 15) is 17.6 Å². The van der Waals surface area contributed by atoms with Crippen LogP contribution in [-0.4, -0.2) is 6.61 Å². The maximum absolute atomic E-state index is 14.9. The topological polar surface area (TPSA) is 9.23 Å². The van der Waals surface area contributed by atoms with Crippen molar-refractivity contribution >= 4 is 6.08 Å². The molecule has 2 saturated carbocycles. The molecule has 0 atom stereocenters. The third-order valence-electron chi connectivity index (χ3n) is 7.95. The molecule has 2 aromatic rings. The first kappa shape index (κ1) is 26.5. The van der Waals surface area contributed by atoms with Crippen LogP contribution >= 0.6 is 0 Å². The van der Waals surface area contributed by atoms with Crippen LogP contribution in [0.1, 0.15) is 93.7 Å². The Kier molecular flexibility index (Phi) is 8.92. The second kappa shape index (κ2) is 12.1. The quantitative estimate of drug-likeness (QED) is 0.272. The average molecular weight is 501 g/mol. The van der Waals surface area contributed by atoms with Crippen LogP contribution in [0.3, 0.4) is 0 Å². The summed E-state index contributed by atoms with van der Waals surface area (Å²) in [7, 11) is 0. The van der Waals surface area contributed by atoms with E-state index in [1.807, 2.05) is 13.0 Å². The molecule has 2 aromatic carbocycles. The number of ether oxygens (including phenoxy) is 1. The van der Waals surface area contributed by atoms with Gasteiger partial charge in [-0.3, -0.25) is 0 Å². The lowest BCUT2D eigenvalue weighted by atomic mass is 9.78. The second-order valence-electron chi connectivity index (χ2n) is 10.2. The molecule has 2 aliphatic rings. The zero-order valence-electron chi connectivity index (χ0n) is 21.2. The van der Waals surface area contributed by atoms with Gasteiger partial charge < -0.3 is 4.74 Å². The third-order valence-corrected chi connectivity index (χ3v) is 7.95. The molecule has 0 amide bonds. The Balaban J connectivity index is 1.36. The maximum atomic E-state index is 14.9. The van der Waals surface area contributed by atoms with Gasteiger partial charge in [0.2, 0.25) is 5.82 Å². The highest BCUT2D eigenvalue weighted by Gasteiger charge is 2.27. The molecule has 4 rings (SSSR count). The Labute approximate surface area is 212 Å². The molecular weight excluding hydrogens is 464 g/mol. The first-order valence-corrected chi connectivity index (χ1v) is 13.3. The molecular formula is C31H36F4O. The van der Waals surface area contributed by atoms with Crippen molar-refractivity contribution in [2.24, 2.45) is 11.8 Å². The molecule has 0 spiro atoms. The standard InChI is InChI=1S/C31H36F4O/c1-3-5-20-6-11-22(12-7-20)25-17-16-24(28(32)29(25)33)15-10-21-8-13-23(14-9-21)26-18-19-27(36-4-2)31(35)30(26)34/h3,5,10,15-23H,4,6-9,11-14H2,1-2H3/b5-3+,15-10+. The Hall–Kier alpha value is -2.56. The van der Waals surface area contributed by atoms with Crippen molar-refractivity contribution in [3.8, 4) is 5.75 Å². The van der Waals surface area contributed by atoms with Crippen LogP contribution in [-0.2, 0) is 0 Å². The average Bonchev–Trinajstić information content (AvgIpc) is 2.89. The van der Waals surface area contributed by atoms with Gasteiger partial charge in [0, 0.05) is 5.56 Å². The maximum Gasteiger partial charge on any atom is 0.200 e. The number of benzene rings is 2. The minimum atomic E-state index is -0.928. The van der Waals surface area contributed by atoms with Gasteiger partial charge >= 0.3 is 0 Å². The van der Waals surface area contributed by atoms with Gasteiger partial charge in [0.25, 0.3) is 0 Å². The molecule has 1 nitrogen and oxygen atoms in total. The number of allylic oxidation sites excluding steroid dienone is 3. The summed E-state index contributed by atoms with van der Waals surface area (Å²) in [5.41, 5.74) is 1.15. The van der Waals surface area contributed by atoms with E-state index >= 15 is 0 Å². The van der Waals surface area contributed by atoms with Crippen molar-refractivity contribution in [2.75, 3.05) is 6.61 Å². The van der Waals surface area contributed by atoms with Crippen LogP contribution in [0, 0.1) is 35.1 Å². The smallest absolute Gasteiger partial charge is 0.200 e. The molecule has 0 N–H and O–H groups in total. The third kappa shape index (κ3) is 5.87. The molecule has 0 bridgehead atoms. The van der Waals surface area contributed by atoms with E-state index < -0.39 is 23.3 Å². The number of rotatable bonds is 7. The molecule has 2 aliphatic carbocycles. The van der Waals surface area contributed by atoms with Gasteiger partial charge in [-0.1, -0.05) is 42.5 Å². The summed E-state index contributed by atoms with van der Waals surface area (Å²) >= 11 is 0. The van der Waals surface area contributed by atoms with Crippen LogP contribution in [0.2, 0.25) is 0 Å². The van der Waals surface area contributed by atoms with Gasteiger partial charge in [0.05, 0.1) is 6.61 Å². The summed E-state index contributed by atoms with van der Waals surface area (Å²) in [5, 5.41) is 0. The predicted molar refractivity (Wildman–Crippen MR) is 137 cm³/mol. The molecule has 0 aromatic heterocycles. The highest BCUT2D eigenvalue weighted by Crippen LogP contribution is 2.40. The van der Waals surface area contributed by atoms with E-state index in [1.54, 1.807) is 31.2 Å². The van der Waals surface area contributed by atoms with Crippen LogP contribution in [0.5, 0.6) is 5.75 Å². The van der Waals surface area contributed by atoms with Gasteiger partial charge in [-0.15, -0.1) is 0 Å². The van der Waals surface area contributed by atoms with Gasteiger partial charge in [-0.2, -0.15) is 4.39 Å². The fourth-order valence-corrected chi connectivity index (χ4v) is 5.91. The van der Waals surface area contributed by atoms with E-state index in [1.165, 1.54) is 6.07 Å². The first-order chi connectivity index (χ1) is 17.4. The molecule has 0 radical (unpaired) electrons. The van der Waals surface area contributed by atoms with E-state index in [-0.39, 0.29) is 35.7 Å². The van der Waals surface area contributed by atoms with Gasteiger partial charge in [0.15, 0.2) is 23.2 Å². The normalized spacial score (nSPS) is 25.1. The van der Waals surface area contributed by atoms with Crippen LogP contribution in [0.15, 0.2) is 42.5 Å². The van der Waals surface area contributed by atoms with Crippen molar-refractivity contribution in [3.05, 3.63) is 82.5 Å². The molecule has 36 heavy (non-hydrogen) atoms. The summed E-state index contributed by atoms with van der Waals surface area (Å²) in [6.07, 6.45) is 14.7. The fraction of sp³-hybridized carbons (Fsp3) is 0.484. The van der Waals surface area contributed by atoms with E-state index in [2.05, 4.69) is 12.2 Å². The fourth-order valence-electron chi connectivity index (χ4n) is 5.91. The van der Waals surface area contributed by atoms with Gasteiger partial charge in [-0.25, -0.2) is 13.2 Å². The Bertz CT molecular complexity index is 1090. The van der Waals surface area contributed by atoms with E-state index in [0.717, 1.165) is 38.5 Å². The summed E-state index contributed by atoms with van der Waals surface area (Å²) in [5.74, 6) is -2.56. The van der Waals surface area contributed by atoms with Crippen molar-refractivity contribution in [1.82, 2.24) is 0 Å². The molecule has 194 valence electrons. The lowest BCUT2D eigenvalue weighted by Gasteiger charge is -2.28. The van der Waals surface area contributed by atoms with Crippen LogP contribution in [0.4, 0.5) is 17.6 Å². The minimum Gasteiger partial charge on any atom is -0.491 e. The highest BCUT2D eigenvalue weighted by atomic mass is 19.2. The molecule has 0 unspecified atom stereocenters. The molecule has 2 fully saturated rings. The summed E-state index contributed by atoms with van der Waals surface area (Å²) in [6, 6.07) is 6.56. The Morgan fingerprint density at radius 2 is 1.22 bits per heavy atom. The Morgan fingerprint density at radius 1 is 0.694 bits per heavy atom. The zero-order chi connectivity index (χ0) is 25.7. The number of hydrogen-bond acceptors (Lipinski definition) is 1. The first-order valence-electron chi connectivity index (χ1n) is 13.3. The molecule has 5 heteroatoms. The van der Waals surface area contributed by atoms with E-state index in [4.69, 9.17) is 4.74 Å². The molecule has 0 aliphatic heterocycles. The summed E-state index contributed by atoms with van der Waals surface area (Å²) < 4.78 is 63.8. The largest absolute Gasteiger partial charge is 0.491 e. The van der Waals surface area contributed by atoms with Crippen LogP contribution < -0.4 is 4.74 Å². The van der Waals surface area contributed by atoms with Gasteiger partial charge in [0.1, 0.15) is 0 Å². The van der Waals surface area contributed by atoms with E-state index in [0.29, 0.717) is 29.9 Å². The molecule has 0 saturated heterocycles. The second-order valence-corrected chi connectivity index (χ2v) is 10.2. The lowest BCUT2D eigenvalue weighted by Crippen LogP contribution is -2.14.